The van der Waals surface area contributed by atoms with Gasteiger partial charge in [0.15, 0.2) is 0 Å². The van der Waals surface area contributed by atoms with E-state index >= 15 is 0 Å². The molecule has 0 saturated carbocycles. The number of likely N-dealkylation sites (N-methyl/N-ethyl adjacent to an activating group) is 1. The number of likely N-dealkylation sites (tertiary alicyclic amines) is 1. The van der Waals surface area contributed by atoms with Crippen LogP contribution in [0.2, 0.25) is 0 Å². The van der Waals surface area contributed by atoms with Crippen molar-refractivity contribution >= 4 is 11.9 Å². The summed E-state index contributed by atoms with van der Waals surface area (Å²) in [6.07, 6.45) is 3.27. The summed E-state index contributed by atoms with van der Waals surface area (Å²) in [7, 11) is 0. The Hall–Kier alpha value is -1.92. The SMILES string of the molecule is CCN(CC(=O)O)C1CCN(C(=O)C2CCCOC2c2ccccc2)CC1. The maximum absolute atomic E-state index is 13.2. The lowest BCUT2D eigenvalue weighted by atomic mass is 9.87. The fourth-order valence-corrected chi connectivity index (χ4v) is 4.36. The van der Waals surface area contributed by atoms with Crippen LogP contribution >= 0.6 is 0 Å². The van der Waals surface area contributed by atoms with Crippen LogP contribution in [0.25, 0.3) is 0 Å². The van der Waals surface area contributed by atoms with Crippen LogP contribution in [0.3, 0.4) is 0 Å². The monoisotopic (exact) mass is 374 g/mol. The van der Waals surface area contributed by atoms with Gasteiger partial charge in [0.25, 0.3) is 0 Å². The third-order valence-electron chi connectivity index (χ3n) is 5.80. The quantitative estimate of drug-likeness (QED) is 0.829. The molecule has 1 aromatic rings. The highest BCUT2D eigenvalue weighted by atomic mass is 16.5. The Labute approximate surface area is 161 Å². The maximum Gasteiger partial charge on any atom is 0.317 e. The Morgan fingerprint density at radius 2 is 1.89 bits per heavy atom. The molecule has 0 spiro atoms. The van der Waals surface area contributed by atoms with Gasteiger partial charge in [0.2, 0.25) is 5.91 Å². The van der Waals surface area contributed by atoms with E-state index in [2.05, 4.69) is 0 Å². The molecule has 2 atom stereocenters. The number of benzene rings is 1. The number of amides is 1. The highest BCUT2D eigenvalue weighted by Gasteiger charge is 2.37. The fraction of sp³-hybridized carbons (Fsp3) is 0.619. The van der Waals surface area contributed by atoms with Gasteiger partial charge in [0.05, 0.1) is 18.6 Å². The van der Waals surface area contributed by atoms with E-state index in [1.165, 1.54) is 0 Å². The minimum Gasteiger partial charge on any atom is -0.480 e. The number of aliphatic carboxylic acids is 1. The maximum atomic E-state index is 13.2. The van der Waals surface area contributed by atoms with Gasteiger partial charge in [-0.2, -0.15) is 0 Å². The zero-order chi connectivity index (χ0) is 19.2. The molecule has 3 rings (SSSR count). The zero-order valence-corrected chi connectivity index (χ0v) is 16.0. The average molecular weight is 374 g/mol. The summed E-state index contributed by atoms with van der Waals surface area (Å²) in [6, 6.07) is 10.3. The number of carboxylic acid groups (broad SMARTS) is 1. The molecule has 0 aliphatic carbocycles. The van der Waals surface area contributed by atoms with Crippen LogP contribution < -0.4 is 0 Å². The molecule has 6 nitrogen and oxygen atoms in total. The first-order valence-corrected chi connectivity index (χ1v) is 10.0. The van der Waals surface area contributed by atoms with E-state index in [4.69, 9.17) is 9.84 Å². The van der Waals surface area contributed by atoms with Gasteiger partial charge >= 0.3 is 5.97 Å². The summed E-state index contributed by atoms with van der Waals surface area (Å²) in [5, 5.41) is 9.07. The molecule has 2 unspecified atom stereocenters. The second-order valence-electron chi connectivity index (χ2n) is 7.46. The Bertz CT molecular complexity index is 628. The van der Waals surface area contributed by atoms with Crippen molar-refractivity contribution in [1.29, 1.82) is 0 Å². The molecule has 1 N–H and O–H groups in total. The Morgan fingerprint density at radius 1 is 1.19 bits per heavy atom. The number of carbonyl (C=O) groups is 2. The van der Waals surface area contributed by atoms with Gasteiger partial charge in [-0.1, -0.05) is 37.3 Å². The van der Waals surface area contributed by atoms with Crippen molar-refractivity contribution in [3.05, 3.63) is 35.9 Å². The highest BCUT2D eigenvalue weighted by Crippen LogP contribution is 2.35. The molecule has 2 fully saturated rings. The average Bonchev–Trinajstić information content (AvgIpc) is 2.72. The van der Waals surface area contributed by atoms with Gasteiger partial charge in [-0.15, -0.1) is 0 Å². The van der Waals surface area contributed by atoms with Gasteiger partial charge in [0.1, 0.15) is 0 Å². The predicted octanol–water partition coefficient (Wildman–Crippen LogP) is 2.55. The molecule has 2 aliphatic heterocycles. The number of carboxylic acids is 1. The molecule has 2 heterocycles. The van der Waals surface area contributed by atoms with Crippen LogP contribution in [0, 0.1) is 5.92 Å². The molecule has 0 aromatic heterocycles. The van der Waals surface area contributed by atoms with Crippen molar-refractivity contribution in [2.45, 2.75) is 44.8 Å². The fourth-order valence-electron chi connectivity index (χ4n) is 4.36. The Morgan fingerprint density at radius 3 is 2.52 bits per heavy atom. The number of nitrogens with zero attached hydrogens (tertiary/aromatic N) is 2. The molecule has 0 bridgehead atoms. The van der Waals surface area contributed by atoms with Crippen LogP contribution in [0.1, 0.15) is 44.3 Å². The number of carbonyl (C=O) groups excluding carboxylic acids is 1. The van der Waals surface area contributed by atoms with E-state index in [1.807, 2.05) is 47.1 Å². The first-order chi connectivity index (χ1) is 13.1. The zero-order valence-electron chi connectivity index (χ0n) is 16.0. The van der Waals surface area contributed by atoms with E-state index < -0.39 is 5.97 Å². The molecule has 148 valence electrons. The van der Waals surface area contributed by atoms with E-state index in [0.717, 1.165) is 37.8 Å². The molecule has 1 amide bonds. The molecular formula is C21H30N2O4. The summed E-state index contributed by atoms with van der Waals surface area (Å²) in [5.74, 6) is -0.734. The van der Waals surface area contributed by atoms with Crippen LogP contribution in [-0.2, 0) is 14.3 Å². The van der Waals surface area contributed by atoms with Crippen LogP contribution in [0.15, 0.2) is 30.3 Å². The van der Waals surface area contributed by atoms with Crippen molar-refractivity contribution < 1.29 is 19.4 Å². The first-order valence-electron chi connectivity index (χ1n) is 10.0. The largest absolute Gasteiger partial charge is 0.480 e. The lowest BCUT2D eigenvalue weighted by Gasteiger charge is -2.40. The van der Waals surface area contributed by atoms with Crippen molar-refractivity contribution in [3.63, 3.8) is 0 Å². The van der Waals surface area contributed by atoms with Gasteiger partial charge in [-0.3, -0.25) is 14.5 Å². The normalized spacial score (nSPS) is 24.1. The molecule has 27 heavy (non-hydrogen) atoms. The van der Waals surface area contributed by atoms with Crippen LogP contribution in [0.5, 0.6) is 0 Å². The minimum absolute atomic E-state index is 0.0711. The summed E-state index contributed by atoms with van der Waals surface area (Å²) in [4.78, 5) is 28.2. The number of piperidine rings is 1. The third kappa shape index (κ3) is 4.87. The van der Waals surface area contributed by atoms with E-state index in [0.29, 0.717) is 19.7 Å². The predicted molar refractivity (Wildman–Crippen MR) is 102 cm³/mol. The second kappa shape index (κ2) is 9.33. The lowest BCUT2D eigenvalue weighted by molar-refractivity contribution is -0.148. The third-order valence-corrected chi connectivity index (χ3v) is 5.80. The molecule has 6 heteroatoms. The van der Waals surface area contributed by atoms with Crippen LogP contribution in [0.4, 0.5) is 0 Å². The van der Waals surface area contributed by atoms with E-state index in [1.54, 1.807) is 0 Å². The highest BCUT2D eigenvalue weighted by molar-refractivity contribution is 5.80. The smallest absolute Gasteiger partial charge is 0.317 e. The summed E-state index contributed by atoms with van der Waals surface area (Å²) in [6.45, 7) is 4.87. The van der Waals surface area contributed by atoms with E-state index in [9.17, 15) is 9.59 Å². The van der Waals surface area contributed by atoms with Gasteiger partial charge < -0.3 is 14.7 Å². The molecule has 0 radical (unpaired) electrons. The van der Waals surface area contributed by atoms with Crippen LogP contribution in [-0.4, -0.2) is 65.6 Å². The molecule has 2 aliphatic rings. The van der Waals surface area contributed by atoms with Crippen molar-refractivity contribution in [2.75, 3.05) is 32.8 Å². The first kappa shape index (κ1) is 19.8. The topological polar surface area (TPSA) is 70.1 Å². The standard InChI is InChI=1S/C21H30N2O4/c1-2-22(15-19(24)25)17-10-12-23(13-11-17)21(26)18-9-6-14-27-20(18)16-7-4-3-5-8-16/h3-5,7-8,17-18,20H,2,6,9-15H2,1H3,(H,24,25). The van der Waals surface area contributed by atoms with E-state index in [-0.39, 0.29) is 30.5 Å². The number of ether oxygens (including phenoxy) is 1. The lowest BCUT2D eigenvalue weighted by Crippen LogP contribution is -2.50. The van der Waals surface area contributed by atoms with Gasteiger partial charge in [-0.05, 0) is 37.8 Å². The summed E-state index contributed by atoms with van der Waals surface area (Å²) >= 11 is 0. The molecular weight excluding hydrogens is 344 g/mol. The Balaban J connectivity index is 1.61. The van der Waals surface area contributed by atoms with Crippen molar-refractivity contribution in [3.8, 4) is 0 Å². The molecule has 2 saturated heterocycles. The van der Waals surface area contributed by atoms with Gasteiger partial charge in [-0.25, -0.2) is 0 Å². The summed E-state index contributed by atoms with van der Waals surface area (Å²) < 4.78 is 5.99. The number of hydrogen-bond acceptors (Lipinski definition) is 4. The Kier molecular flexibility index (Phi) is 6.85. The minimum atomic E-state index is -0.791. The second-order valence-corrected chi connectivity index (χ2v) is 7.46. The van der Waals surface area contributed by atoms with Crippen molar-refractivity contribution in [2.24, 2.45) is 5.92 Å². The van der Waals surface area contributed by atoms with Gasteiger partial charge in [0, 0.05) is 25.7 Å². The molecule has 1 aromatic carbocycles. The number of rotatable bonds is 6. The summed E-state index contributed by atoms with van der Waals surface area (Å²) in [5.41, 5.74) is 1.07. The number of hydrogen-bond donors (Lipinski definition) is 1. The van der Waals surface area contributed by atoms with Crippen molar-refractivity contribution in [1.82, 2.24) is 9.80 Å².